The molecular weight excluding hydrogens is 408 g/mol. The first-order chi connectivity index (χ1) is 13.9. The van der Waals surface area contributed by atoms with Crippen molar-refractivity contribution < 1.29 is 59.4 Å². The molecule has 0 bridgehead atoms. The van der Waals surface area contributed by atoms with Gasteiger partial charge in [-0.1, -0.05) is 12.1 Å². The van der Waals surface area contributed by atoms with Gasteiger partial charge in [0.05, 0.1) is 33.4 Å². The molecule has 30 heavy (non-hydrogen) atoms. The van der Waals surface area contributed by atoms with Gasteiger partial charge in [0.1, 0.15) is 0 Å². The molecule has 0 aliphatic carbocycles. The average Bonchev–Trinajstić information content (AvgIpc) is 2.66. The van der Waals surface area contributed by atoms with Gasteiger partial charge in [-0.2, -0.15) is 0 Å². The summed E-state index contributed by atoms with van der Waals surface area (Å²) in [5.41, 5.74) is -3.58. The molecule has 0 heterocycles. The summed E-state index contributed by atoms with van der Waals surface area (Å²) in [5, 5.41) is 52.1. The molecule has 0 saturated carbocycles. The van der Waals surface area contributed by atoms with E-state index in [2.05, 4.69) is 0 Å². The number of hydrogen-bond acceptors (Lipinski definition) is 6. The highest BCUT2D eigenvalue weighted by Gasteiger charge is 2.24. The Balaban J connectivity index is 0.000000300. The predicted molar refractivity (Wildman–Crippen MR) is 94.6 cm³/mol. The van der Waals surface area contributed by atoms with E-state index in [1.54, 1.807) is 0 Å². The van der Waals surface area contributed by atoms with E-state index in [1.165, 1.54) is 12.1 Å². The number of rotatable bonds is 6. The van der Waals surface area contributed by atoms with E-state index in [1.807, 2.05) is 0 Å². The van der Waals surface area contributed by atoms with Gasteiger partial charge in [-0.15, -0.1) is 0 Å². The van der Waals surface area contributed by atoms with Crippen LogP contribution in [0.3, 0.4) is 0 Å². The second kappa shape index (κ2) is 9.45. The topological polar surface area (TPSA) is 224 Å². The molecule has 0 aliphatic heterocycles. The van der Waals surface area contributed by atoms with Crippen LogP contribution in [-0.4, -0.2) is 66.5 Å². The SMILES string of the molecule is O=C(O)c1cccc(C(=O)O)c1C(=O)O.O=C(O)c1cccc(C(=O)O)c1C(=O)O. The molecule has 0 atom stereocenters. The monoisotopic (exact) mass is 420 g/mol. The maximum absolute atomic E-state index is 10.7. The minimum atomic E-state index is -1.58. The largest absolute Gasteiger partial charge is 0.478 e. The van der Waals surface area contributed by atoms with Crippen molar-refractivity contribution in [3.8, 4) is 0 Å². The third-order valence-electron chi connectivity index (χ3n) is 3.48. The second-order valence-corrected chi connectivity index (χ2v) is 5.29. The maximum atomic E-state index is 10.7. The zero-order valence-electron chi connectivity index (χ0n) is 14.6. The molecule has 0 unspecified atom stereocenters. The number of carboxylic acids is 6. The van der Waals surface area contributed by atoms with Crippen molar-refractivity contribution in [2.24, 2.45) is 0 Å². The van der Waals surface area contributed by atoms with Crippen LogP contribution in [0.1, 0.15) is 62.1 Å². The summed E-state index contributed by atoms with van der Waals surface area (Å²) in [6.07, 6.45) is 0. The first-order valence-electron chi connectivity index (χ1n) is 7.55. The Hall–Kier alpha value is -4.74. The molecule has 0 fully saturated rings. The fourth-order valence-corrected chi connectivity index (χ4v) is 2.28. The summed E-state index contributed by atoms with van der Waals surface area (Å²) in [6, 6.07) is 6.52. The molecule has 0 aromatic heterocycles. The zero-order valence-corrected chi connectivity index (χ0v) is 14.6. The summed E-state index contributed by atoms with van der Waals surface area (Å²) >= 11 is 0. The molecule has 2 rings (SSSR count). The summed E-state index contributed by atoms with van der Waals surface area (Å²) in [5.74, 6) is -9.06. The Labute approximate surface area is 165 Å². The first-order valence-corrected chi connectivity index (χ1v) is 7.55. The quantitative estimate of drug-likeness (QED) is 0.391. The van der Waals surface area contributed by atoms with Gasteiger partial charge < -0.3 is 30.6 Å². The van der Waals surface area contributed by atoms with Gasteiger partial charge in [-0.05, 0) is 24.3 Å². The lowest BCUT2D eigenvalue weighted by Crippen LogP contribution is -2.14. The van der Waals surface area contributed by atoms with Crippen molar-refractivity contribution in [1.29, 1.82) is 0 Å². The van der Waals surface area contributed by atoms with Crippen molar-refractivity contribution in [2.45, 2.75) is 0 Å². The Bertz CT molecular complexity index is 917. The van der Waals surface area contributed by atoms with Crippen molar-refractivity contribution in [3.05, 3.63) is 69.8 Å². The Morgan fingerprint density at radius 2 is 0.600 bits per heavy atom. The van der Waals surface area contributed by atoms with E-state index in [4.69, 9.17) is 30.6 Å². The highest BCUT2D eigenvalue weighted by molar-refractivity contribution is 6.09. The van der Waals surface area contributed by atoms with E-state index in [9.17, 15) is 28.8 Å². The molecule has 2 aromatic carbocycles. The van der Waals surface area contributed by atoms with Crippen LogP contribution in [-0.2, 0) is 0 Å². The lowest BCUT2D eigenvalue weighted by atomic mass is 10.0. The van der Waals surface area contributed by atoms with E-state index in [0.29, 0.717) is 0 Å². The first kappa shape index (κ1) is 23.3. The molecule has 12 heteroatoms. The fraction of sp³-hybridized carbons (Fsp3) is 0. The van der Waals surface area contributed by atoms with Crippen LogP contribution in [0.5, 0.6) is 0 Å². The highest BCUT2D eigenvalue weighted by Crippen LogP contribution is 2.16. The van der Waals surface area contributed by atoms with Crippen LogP contribution < -0.4 is 0 Å². The average molecular weight is 420 g/mol. The van der Waals surface area contributed by atoms with E-state index in [0.717, 1.165) is 24.3 Å². The van der Waals surface area contributed by atoms with Gasteiger partial charge in [0.2, 0.25) is 0 Å². The molecule has 0 amide bonds. The van der Waals surface area contributed by atoms with Gasteiger partial charge in [-0.25, -0.2) is 28.8 Å². The number of hydrogen-bond donors (Lipinski definition) is 6. The number of aromatic carboxylic acids is 6. The summed E-state index contributed by atoms with van der Waals surface area (Å²) in [7, 11) is 0. The number of benzene rings is 2. The predicted octanol–water partition coefficient (Wildman–Crippen LogP) is 1.56. The van der Waals surface area contributed by atoms with E-state index >= 15 is 0 Å². The summed E-state index contributed by atoms with van der Waals surface area (Å²) in [4.78, 5) is 64.0. The van der Waals surface area contributed by atoms with Gasteiger partial charge in [0.25, 0.3) is 0 Å². The minimum Gasteiger partial charge on any atom is -0.478 e. The molecule has 0 radical (unpaired) electrons. The minimum absolute atomic E-state index is 0.539. The van der Waals surface area contributed by atoms with Crippen LogP contribution in [0.2, 0.25) is 0 Å². The van der Waals surface area contributed by atoms with Crippen molar-refractivity contribution >= 4 is 35.8 Å². The van der Waals surface area contributed by atoms with Crippen LogP contribution in [0.25, 0.3) is 0 Å². The van der Waals surface area contributed by atoms with E-state index in [-0.39, 0.29) is 0 Å². The third kappa shape index (κ3) is 5.16. The molecule has 156 valence electrons. The number of carbonyl (C=O) groups is 6. The van der Waals surface area contributed by atoms with Crippen molar-refractivity contribution in [3.63, 3.8) is 0 Å². The lowest BCUT2D eigenvalue weighted by Gasteiger charge is -2.04. The van der Waals surface area contributed by atoms with Crippen LogP contribution in [0.15, 0.2) is 36.4 Å². The summed E-state index contributed by atoms with van der Waals surface area (Å²) in [6.45, 7) is 0. The maximum Gasteiger partial charge on any atom is 0.337 e. The lowest BCUT2D eigenvalue weighted by molar-refractivity contribution is 0.0632. The normalized spacial score (nSPS) is 9.60. The van der Waals surface area contributed by atoms with Gasteiger partial charge in [-0.3, -0.25) is 0 Å². The van der Waals surface area contributed by atoms with E-state index < -0.39 is 69.2 Å². The fourth-order valence-electron chi connectivity index (χ4n) is 2.28. The molecular formula is C18H12O12. The van der Waals surface area contributed by atoms with Gasteiger partial charge in [0, 0.05) is 0 Å². The second-order valence-electron chi connectivity index (χ2n) is 5.29. The van der Waals surface area contributed by atoms with Gasteiger partial charge >= 0.3 is 35.8 Å². The zero-order chi connectivity index (χ0) is 23.2. The Morgan fingerprint density at radius 3 is 0.733 bits per heavy atom. The summed E-state index contributed by atoms with van der Waals surface area (Å²) < 4.78 is 0. The smallest absolute Gasteiger partial charge is 0.337 e. The molecule has 12 nitrogen and oxygen atoms in total. The molecule has 6 N–H and O–H groups in total. The van der Waals surface area contributed by atoms with Crippen LogP contribution >= 0.6 is 0 Å². The standard InChI is InChI=1S/2C9H6O6/c2*10-7(11)4-2-1-3-5(8(12)13)6(4)9(14)15/h2*1-3H,(H,10,11)(H,12,13)(H,14,15). The van der Waals surface area contributed by atoms with Crippen LogP contribution in [0.4, 0.5) is 0 Å². The highest BCUT2D eigenvalue weighted by atomic mass is 16.4. The third-order valence-corrected chi connectivity index (χ3v) is 3.48. The number of carboxylic acid groups (broad SMARTS) is 6. The Morgan fingerprint density at radius 1 is 0.400 bits per heavy atom. The molecule has 2 aromatic rings. The Kier molecular flexibility index (Phi) is 7.34. The van der Waals surface area contributed by atoms with Gasteiger partial charge in [0.15, 0.2) is 0 Å². The van der Waals surface area contributed by atoms with Crippen LogP contribution in [0, 0.1) is 0 Å². The van der Waals surface area contributed by atoms with Crippen molar-refractivity contribution in [2.75, 3.05) is 0 Å². The molecule has 0 aliphatic rings. The molecule has 0 saturated heterocycles. The molecule has 0 spiro atoms. The van der Waals surface area contributed by atoms with Crippen molar-refractivity contribution in [1.82, 2.24) is 0 Å².